The molecule has 0 amide bonds. The minimum absolute atomic E-state index is 0.182. The highest BCUT2D eigenvalue weighted by Gasteiger charge is 2.15. The zero-order valence-corrected chi connectivity index (χ0v) is 12.5. The Labute approximate surface area is 132 Å². The fourth-order valence-corrected chi connectivity index (χ4v) is 2.68. The Morgan fingerprint density at radius 1 is 0.826 bits per heavy atom. The maximum Gasteiger partial charge on any atom is 0.298 e. The molecule has 0 spiro atoms. The van der Waals surface area contributed by atoms with Gasteiger partial charge in [-0.1, -0.05) is 36.4 Å². The van der Waals surface area contributed by atoms with Crippen LogP contribution in [0.5, 0.6) is 0 Å². The predicted molar refractivity (Wildman–Crippen MR) is 89.2 cm³/mol. The summed E-state index contributed by atoms with van der Waals surface area (Å²) in [5.41, 5.74) is 2.71. The highest BCUT2D eigenvalue weighted by Crippen LogP contribution is 2.17. The summed E-state index contributed by atoms with van der Waals surface area (Å²) >= 11 is 0. The molecule has 112 valence electrons. The van der Waals surface area contributed by atoms with Gasteiger partial charge in [-0.25, -0.2) is 4.68 Å². The van der Waals surface area contributed by atoms with Crippen LogP contribution < -0.4 is 5.56 Å². The molecule has 2 aromatic carbocycles. The summed E-state index contributed by atoms with van der Waals surface area (Å²) in [5, 5.41) is 9.58. The molecular formula is C18H14N4O. The third-order valence-corrected chi connectivity index (χ3v) is 3.81. The van der Waals surface area contributed by atoms with Crippen molar-refractivity contribution in [1.82, 2.24) is 19.6 Å². The second-order valence-electron chi connectivity index (χ2n) is 5.29. The first-order valence-electron chi connectivity index (χ1n) is 7.34. The number of hydrogen-bond acceptors (Lipinski definition) is 3. The first kappa shape index (κ1) is 13.5. The van der Waals surface area contributed by atoms with Gasteiger partial charge in [0, 0.05) is 5.39 Å². The maximum absolute atomic E-state index is 13.0. The van der Waals surface area contributed by atoms with Crippen molar-refractivity contribution in [2.45, 2.75) is 6.92 Å². The Morgan fingerprint density at radius 3 is 2.00 bits per heavy atom. The lowest BCUT2D eigenvalue weighted by atomic mass is 10.2. The average Bonchev–Trinajstić information content (AvgIpc) is 3.06. The highest BCUT2D eigenvalue weighted by molar-refractivity contribution is 5.81. The van der Waals surface area contributed by atoms with Crippen molar-refractivity contribution in [2.24, 2.45) is 0 Å². The Bertz CT molecular complexity index is 1030. The topological polar surface area (TPSA) is 52.7 Å². The van der Waals surface area contributed by atoms with Crippen LogP contribution in [0.3, 0.4) is 0 Å². The number of benzene rings is 2. The van der Waals surface area contributed by atoms with Gasteiger partial charge in [0.15, 0.2) is 0 Å². The van der Waals surface area contributed by atoms with E-state index in [1.54, 1.807) is 10.9 Å². The molecule has 0 radical (unpaired) electrons. The van der Waals surface area contributed by atoms with E-state index >= 15 is 0 Å². The molecule has 4 rings (SSSR count). The van der Waals surface area contributed by atoms with Gasteiger partial charge in [-0.2, -0.15) is 14.9 Å². The van der Waals surface area contributed by atoms with E-state index in [9.17, 15) is 4.79 Å². The molecule has 5 nitrogen and oxygen atoms in total. The van der Waals surface area contributed by atoms with E-state index in [0.717, 1.165) is 22.5 Å². The molecule has 0 unspecified atom stereocenters. The van der Waals surface area contributed by atoms with Crippen LogP contribution in [0, 0.1) is 6.92 Å². The Balaban J connectivity index is 2.06. The summed E-state index contributed by atoms with van der Waals surface area (Å²) in [4.78, 5) is 13.0. The van der Waals surface area contributed by atoms with E-state index in [1.807, 2.05) is 67.6 Å². The van der Waals surface area contributed by atoms with Crippen LogP contribution in [-0.4, -0.2) is 19.6 Å². The van der Waals surface area contributed by atoms with Crippen LogP contribution in [-0.2, 0) is 0 Å². The summed E-state index contributed by atoms with van der Waals surface area (Å²) in [6, 6.07) is 19.0. The number of para-hydroxylation sites is 2. The third-order valence-electron chi connectivity index (χ3n) is 3.81. The molecule has 4 aromatic rings. The summed E-state index contributed by atoms with van der Waals surface area (Å²) in [6.45, 7) is 1.89. The minimum Gasteiger partial charge on any atom is -0.265 e. The van der Waals surface area contributed by atoms with Crippen molar-refractivity contribution in [2.75, 3.05) is 0 Å². The van der Waals surface area contributed by atoms with E-state index in [2.05, 4.69) is 10.2 Å². The summed E-state index contributed by atoms with van der Waals surface area (Å²) < 4.78 is 3.10. The van der Waals surface area contributed by atoms with Gasteiger partial charge >= 0.3 is 0 Å². The molecule has 0 aliphatic heterocycles. The van der Waals surface area contributed by atoms with Crippen molar-refractivity contribution in [1.29, 1.82) is 0 Å². The minimum atomic E-state index is -0.182. The van der Waals surface area contributed by atoms with Gasteiger partial charge in [-0.05, 0) is 31.2 Å². The molecule has 5 heteroatoms. The van der Waals surface area contributed by atoms with Crippen LogP contribution in [0.1, 0.15) is 5.69 Å². The number of hydrogen-bond donors (Lipinski definition) is 0. The first-order chi connectivity index (χ1) is 11.3. The van der Waals surface area contributed by atoms with Crippen LogP contribution in [0.2, 0.25) is 0 Å². The SMILES string of the molecule is Cc1nn(-c2ccccc2)c(=O)c2c1cnn2-c1ccccc1. The highest BCUT2D eigenvalue weighted by atomic mass is 16.1. The maximum atomic E-state index is 13.0. The number of aryl methyl sites for hydroxylation is 1. The van der Waals surface area contributed by atoms with Gasteiger partial charge in [-0.3, -0.25) is 4.79 Å². The largest absolute Gasteiger partial charge is 0.298 e. The summed E-state index contributed by atoms with van der Waals surface area (Å²) in [6.07, 6.45) is 1.70. The second-order valence-corrected chi connectivity index (χ2v) is 5.29. The molecule has 0 fully saturated rings. The molecule has 0 aliphatic rings. The van der Waals surface area contributed by atoms with Gasteiger partial charge in [-0.15, -0.1) is 0 Å². The summed E-state index contributed by atoms with van der Waals surface area (Å²) in [7, 11) is 0. The van der Waals surface area contributed by atoms with Gasteiger partial charge in [0.25, 0.3) is 5.56 Å². The monoisotopic (exact) mass is 302 g/mol. The van der Waals surface area contributed by atoms with E-state index < -0.39 is 0 Å². The van der Waals surface area contributed by atoms with Crippen molar-refractivity contribution in [3.05, 3.63) is 82.9 Å². The Hall–Kier alpha value is -3.21. The normalized spacial score (nSPS) is 11.0. The standard InChI is InChI=1S/C18H14N4O/c1-13-16-12-19-21(14-8-4-2-5-9-14)17(16)18(23)22(20-13)15-10-6-3-7-11-15/h2-12H,1H3. The fraction of sp³-hybridized carbons (Fsp3) is 0.0556. The number of rotatable bonds is 2. The van der Waals surface area contributed by atoms with Crippen molar-refractivity contribution >= 4 is 10.9 Å². The molecule has 0 bridgehead atoms. The van der Waals surface area contributed by atoms with Crippen molar-refractivity contribution in [3.63, 3.8) is 0 Å². The molecule has 2 heterocycles. The van der Waals surface area contributed by atoms with Gasteiger partial charge in [0.1, 0.15) is 5.52 Å². The summed E-state index contributed by atoms with van der Waals surface area (Å²) in [5.74, 6) is 0. The van der Waals surface area contributed by atoms with E-state index in [0.29, 0.717) is 5.52 Å². The van der Waals surface area contributed by atoms with Crippen LogP contribution >= 0.6 is 0 Å². The molecule has 2 aromatic heterocycles. The lowest BCUT2D eigenvalue weighted by Gasteiger charge is -2.08. The van der Waals surface area contributed by atoms with Crippen molar-refractivity contribution < 1.29 is 0 Å². The molecule has 0 N–H and O–H groups in total. The van der Waals surface area contributed by atoms with Crippen LogP contribution in [0.15, 0.2) is 71.7 Å². The number of aromatic nitrogens is 4. The van der Waals surface area contributed by atoms with Gasteiger partial charge < -0.3 is 0 Å². The lowest BCUT2D eigenvalue weighted by Crippen LogP contribution is -2.24. The van der Waals surface area contributed by atoms with E-state index in [4.69, 9.17) is 0 Å². The first-order valence-corrected chi connectivity index (χ1v) is 7.34. The van der Waals surface area contributed by atoms with E-state index in [1.165, 1.54) is 4.68 Å². The number of nitrogens with zero attached hydrogens (tertiary/aromatic N) is 4. The lowest BCUT2D eigenvalue weighted by molar-refractivity contribution is 0.791. The third kappa shape index (κ3) is 2.14. The van der Waals surface area contributed by atoms with Crippen LogP contribution in [0.4, 0.5) is 0 Å². The smallest absolute Gasteiger partial charge is 0.265 e. The predicted octanol–water partition coefficient (Wildman–Crippen LogP) is 2.88. The second kappa shape index (κ2) is 5.21. The van der Waals surface area contributed by atoms with E-state index in [-0.39, 0.29) is 5.56 Å². The molecule has 0 saturated heterocycles. The molecular weight excluding hydrogens is 288 g/mol. The Kier molecular flexibility index (Phi) is 3.05. The molecule has 0 aliphatic carbocycles. The van der Waals surface area contributed by atoms with Crippen LogP contribution in [0.25, 0.3) is 22.3 Å². The molecule has 0 atom stereocenters. The van der Waals surface area contributed by atoms with Gasteiger partial charge in [0.2, 0.25) is 0 Å². The van der Waals surface area contributed by atoms with Gasteiger partial charge in [0.05, 0.1) is 23.3 Å². The zero-order valence-electron chi connectivity index (χ0n) is 12.5. The fourth-order valence-electron chi connectivity index (χ4n) is 2.68. The molecule has 0 saturated carbocycles. The average molecular weight is 302 g/mol. The number of fused-ring (bicyclic) bond motifs is 1. The zero-order chi connectivity index (χ0) is 15.8. The molecule has 23 heavy (non-hydrogen) atoms. The quantitative estimate of drug-likeness (QED) is 0.572. The Morgan fingerprint density at radius 2 is 1.39 bits per heavy atom. The van der Waals surface area contributed by atoms with Crippen molar-refractivity contribution in [3.8, 4) is 11.4 Å².